The van der Waals surface area contributed by atoms with Crippen molar-refractivity contribution >= 4 is 16.8 Å². The number of H-pyrrole nitrogens is 1. The van der Waals surface area contributed by atoms with E-state index in [2.05, 4.69) is 25.0 Å². The summed E-state index contributed by atoms with van der Waals surface area (Å²) in [6.45, 7) is 3.39. The van der Waals surface area contributed by atoms with Gasteiger partial charge in [-0.2, -0.15) is 17.7 Å². The van der Waals surface area contributed by atoms with Crippen LogP contribution in [0.1, 0.15) is 17.4 Å². The number of aromatic nitrogens is 6. The van der Waals surface area contributed by atoms with Crippen molar-refractivity contribution in [3.8, 4) is 11.6 Å². The molecule has 23 heavy (non-hydrogen) atoms. The quantitative estimate of drug-likeness (QED) is 0.582. The van der Waals surface area contributed by atoms with Crippen LogP contribution in [-0.4, -0.2) is 29.5 Å². The number of halogens is 3. The highest BCUT2D eigenvalue weighted by Gasteiger charge is 2.35. The van der Waals surface area contributed by atoms with E-state index in [1.54, 1.807) is 26.0 Å². The predicted octanol–water partition coefficient (Wildman–Crippen LogP) is 2.90. The smallest absolute Gasteiger partial charge is 0.449 e. The molecule has 4 rings (SSSR count). The Bertz CT molecular complexity index is 1040. The third kappa shape index (κ3) is 2.05. The summed E-state index contributed by atoms with van der Waals surface area (Å²) in [6.07, 6.45) is -4.60. The molecule has 0 fully saturated rings. The molecule has 118 valence electrons. The first-order valence-electron chi connectivity index (χ1n) is 6.60. The molecule has 1 N–H and O–H groups in total. The second-order valence-corrected chi connectivity index (χ2v) is 5.02. The highest BCUT2D eigenvalue weighted by Crippen LogP contribution is 2.30. The van der Waals surface area contributed by atoms with Gasteiger partial charge in [0.1, 0.15) is 11.6 Å². The predicted molar refractivity (Wildman–Crippen MR) is 72.6 cm³/mol. The van der Waals surface area contributed by atoms with Crippen LogP contribution in [-0.2, 0) is 6.18 Å². The van der Waals surface area contributed by atoms with Crippen molar-refractivity contribution in [3.63, 3.8) is 0 Å². The van der Waals surface area contributed by atoms with E-state index in [1.807, 2.05) is 0 Å². The number of imidazole rings is 1. The molecule has 4 aromatic heterocycles. The van der Waals surface area contributed by atoms with Gasteiger partial charge in [-0.15, -0.1) is 5.10 Å². The lowest BCUT2D eigenvalue weighted by molar-refractivity contribution is -0.144. The number of hydrogen-bond donors (Lipinski definition) is 1. The third-order valence-corrected chi connectivity index (χ3v) is 3.26. The van der Waals surface area contributed by atoms with Crippen LogP contribution in [0.3, 0.4) is 0 Å². The van der Waals surface area contributed by atoms with E-state index < -0.39 is 12.0 Å². The molecule has 4 heterocycles. The molecule has 10 heteroatoms. The van der Waals surface area contributed by atoms with Crippen LogP contribution in [0.5, 0.6) is 0 Å². The Balaban J connectivity index is 2.09. The summed E-state index contributed by atoms with van der Waals surface area (Å²) in [5.74, 6) is 0.532. The van der Waals surface area contributed by atoms with E-state index in [-0.39, 0.29) is 22.6 Å². The normalized spacial score (nSPS) is 12.6. The molecule has 0 bridgehead atoms. The first-order valence-corrected chi connectivity index (χ1v) is 6.60. The Kier molecular flexibility index (Phi) is 2.57. The number of fused-ring (bicyclic) bond motifs is 3. The molecule has 0 saturated heterocycles. The number of nitrogens with zero attached hydrogens (tertiary/aromatic N) is 5. The van der Waals surface area contributed by atoms with E-state index in [4.69, 9.17) is 4.42 Å². The Labute approximate surface area is 126 Å². The van der Waals surface area contributed by atoms with Crippen LogP contribution in [0.2, 0.25) is 0 Å². The topological polar surface area (TPSA) is 84.9 Å². The molecule has 7 nitrogen and oxygen atoms in total. The van der Waals surface area contributed by atoms with E-state index in [0.717, 1.165) is 0 Å². The van der Waals surface area contributed by atoms with Crippen molar-refractivity contribution in [1.82, 2.24) is 29.5 Å². The third-order valence-electron chi connectivity index (χ3n) is 3.26. The average Bonchev–Trinajstić information content (AvgIpc) is 3.12. The van der Waals surface area contributed by atoms with Gasteiger partial charge in [0.2, 0.25) is 11.6 Å². The standard InChI is InChI=1S/C13H9F3N6O/c1-5-3-4-7(23-5)10-19-9-8(11-17-6(2)21-22(10)11)18-12(20-9)13(14,15)16/h3-4H,1-2H3,(H,18,20). The van der Waals surface area contributed by atoms with Crippen LogP contribution in [0, 0.1) is 13.8 Å². The summed E-state index contributed by atoms with van der Waals surface area (Å²) in [4.78, 5) is 14.1. The van der Waals surface area contributed by atoms with Crippen LogP contribution < -0.4 is 0 Å². The highest BCUT2D eigenvalue weighted by molar-refractivity contribution is 5.87. The molecule has 0 spiro atoms. The second kappa shape index (κ2) is 4.31. The van der Waals surface area contributed by atoms with Crippen LogP contribution in [0.4, 0.5) is 13.2 Å². The molecule has 0 aliphatic heterocycles. The zero-order valence-electron chi connectivity index (χ0n) is 11.9. The second-order valence-electron chi connectivity index (χ2n) is 5.02. The summed E-state index contributed by atoms with van der Waals surface area (Å²) in [7, 11) is 0. The summed E-state index contributed by atoms with van der Waals surface area (Å²) in [5, 5.41) is 4.17. The van der Waals surface area contributed by atoms with Crippen LogP contribution in [0.15, 0.2) is 16.5 Å². The number of rotatable bonds is 1. The number of alkyl halides is 3. The Morgan fingerprint density at radius 1 is 1.13 bits per heavy atom. The fraction of sp³-hybridized carbons (Fsp3) is 0.231. The minimum absolute atomic E-state index is 0.00459. The summed E-state index contributed by atoms with van der Waals surface area (Å²) in [5.41, 5.74) is 0.162. The van der Waals surface area contributed by atoms with Gasteiger partial charge in [-0.1, -0.05) is 0 Å². The van der Waals surface area contributed by atoms with Gasteiger partial charge in [-0.25, -0.2) is 15.0 Å². The number of aryl methyl sites for hydroxylation is 2. The highest BCUT2D eigenvalue weighted by atomic mass is 19.4. The van der Waals surface area contributed by atoms with Crippen molar-refractivity contribution in [3.05, 3.63) is 29.5 Å². The van der Waals surface area contributed by atoms with Gasteiger partial charge >= 0.3 is 6.18 Å². The van der Waals surface area contributed by atoms with Gasteiger partial charge in [0.05, 0.1) is 0 Å². The van der Waals surface area contributed by atoms with Crippen molar-refractivity contribution in [2.45, 2.75) is 20.0 Å². The molecule has 0 saturated carbocycles. The van der Waals surface area contributed by atoms with Gasteiger partial charge < -0.3 is 9.40 Å². The van der Waals surface area contributed by atoms with Crippen molar-refractivity contribution in [2.75, 3.05) is 0 Å². The average molecular weight is 322 g/mol. The summed E-state index contributed by atoms with van der Waals surface area (Å²) < 4.78 is 45.5. The molecule has 0 amide bonds. The number of aromatic amines is 1. The Morgan fingerprint density at radius 2 is 1.91 bits per heavy atom. The molecular weight excluding hydrogens is 313 g/mol. The molecule has 0 radical (unpaired) electrons. The zero-order chi connectivity index (χ0) is 16.4. The van der Waals surface area contributed by atoms with Gasteiger partial charge in [0, 0.05) is 0 Å². The molecule has 4 aromatic rings. The maximum atomic E-state index is 12.9. The van der Waals surface area contributed by atoms with Crippen molar-refractivity contribution in [2.24, 2.45) is 0 Å². The van der Waals surface area contributed by atoms with Gasteiger partial charge in [-0.3, -0.25) is 0 Å². The molecule has 0 atom stereocenters. The largest absolute Gasteiger partial charge is 0.458 e. The fourth-order valence-electron chi connectivity index (χ4n) is 2.32. The summed E-state index contributed by atoms with van der Waals surface area (Å²) in [6, 6.07) is 3.39. The monoisotopic (exact) mass is 322 g/mol. The van der Waals surface area contributed by atoms with Gasteiger partial charge in [0.15, 0.2) is 22.6 Å². The zero-order valence-corrected chi connectivity index (χ0v) is 11.9. The number of nitrogens with one attached hydrogen (secondary N) is 1. The van der Waals surface area contributed by atoms with E-state index in [0.29, 0.717) is 17.3 Å². The van der Waals surface area contributed by atoms with Crippen molar-refractivity contribution < 1.29 is 17.6 Å². The number of furan rings is 1. The summed E-state index contributed by atoms with van der Waals surface area (Å²) >= 11 is 0. The minimum Gasteiger partial charge on any atom is -0.458 e. The lowest BCUT2D eigenvalue weighted by Crippen LogP contribution is -2.06. The maximum absolute atomic E-state index is 12.9. The Morgan fingerprint density at radius 3 is 2.57 bits per heavy atom. The Hall–Kier alpha value is -2.91. The molecular formula is C13H9F3N6O. The van der Waals surface area contributed by atoms with E-state index >= 15 is 0 Å². The van der Waals surface area contributed by atoms with Gasteiger partial charge in [-0.05, 0) is 26.0 Å². The van der Waals surface area contributed by atoms with E-state index in [1.165, 1.54) is 4.52 Å². The lowest BCUT2D eigenvalue weighted by Gasteiger charge is -2.00. The maximum Gasteiger partial charge on any atom is 0.449 e. The SMILES string of the molecule is Cc1nc2c3nc(C(F)(F)F)[nH]c3nc(-c3ccc(C)o3)n2n1. The van der Waals surface area contributed by atoms with Crippen LogP contribution in [0.25, 0.3) is 28.4 Å². The minimum atomic E-state index is -4.60. The number of hydrogen-bond acceptors (Lipinski definition) is 5. The molecule has 0 unspecified atom stereocenters. The van der Waals surface area contributed by atoms with Crippen molar-refractivity contribution in [1.29, 1.82) is 0 Å². The van der Waals surface area contributed by atoms with E-state index in [9.17, 15) is 13.2 Å². The first-order chi connectivity index (χ1) is 10.8. The fourth-order valence-corrected chi connectivity index (χ4v) is 2.32. The first kappa shape index (κ1) is 13.7. The van der Waals surface area contributed by atoms with Crippen LogP contribution >= 0.6 is 0 Å². The molecule has 0 aromatic carbocycles. The van der Waals surface area contributed by atoms with Gasteiger partial charge in [0.25, 0.3) is 0 Å². The molecule has 0 aliphatic carbocycles. The lowest BCUT2D eigenvalue weighted by atomic mass is 10.4. The molecule has 0 aliphatic rings.